The van der Waals surface area contributed by atoms with Crippen LogP contribution in [-0.4, -0.2) is 24.5 Å². The highest BCUT2D eigenvalue weighted by Crippen LogP contribution is 2.52. The number of para-hydroxylation sites is 1. The zero-order valence-electron chi connectivity index (χ0n) is 29.8. The van der Waals surface area contributed by atoms with Gasteiger partial charge in [0, 0.05) is 44.8 Å². The Morgan fingerprint density at radius 2 is 1.00 bits per heavy atom. The smallest absolute Gasteiger partial charge is 0.164 e. The van der Waals surface area contributed by atoms with E-state index < -0.39 is 0 Å². The van der Waals surface area contributed by atoms with Crippen LogP contribution >= 0.6 is 0 Å². The zero-order valence-corrected chi connectivity index (χ0v) is 29.8. The minimum atomic E-state index is -0.271. The van der Waals surface area contributed by atoms with Crippen LogP contribution in [0.5, 0.6) is 0 Å². The Kier molecular flexibility index (Phi) is 6.53. The van der Waals surface area contributed by atoms with E-state index in [0.717, 1.165) is 60.5 Å². The molecule has 254 valence electrons. The summed E-state index contributed by atoms with van der Waals surface area (Å²) in [4.78, 5) is 20.7. The van der Waals surface area contributed by atoms with Gasteiger partial charge >= 0.3 is 0 Å². The molecule has 0 bridgehead atoms. The predicted octanol–water partition coefficient (Wildman–Crippen LogP) is 12.0. The maximum Gasteiger partial charge on any atom is 0.164 e. The summed E-state index contributed by atoms with van der Waals surface area (Å²) in [6.07, 6.45) is 1.88. The summed E-state index contributed by atoms with van der Waals surface area (Å²) < 4.78 is 2.30. The van der Waals surface area contributed by atoms with Crippen LogP contribution in [0.3, 0.4) is 0 Å². The topological polar surface area (TPSA) is 56.5 Å². The van der Waals surface area contributed by atoms with Crippen LogP contribution in [0.1, 0.15) is 25.0 Å². The van der Waals surface area contributed by atoms with E-state index in [-0.39, 0.29) is 5.41 Å². The first-order chi connectivity index (χ1) is 26.5. The van der Waals surface area contributed by atoms with Gasteiger partial charge in [-0.15, -0.1) is 0 Å². The van der Waals surface area contributed by atoms with Crippen molar-refractivity contribution in [2.75, 3.05) is 0 Å². The van der Waals surface area contributed by atoms with Crippen LogP contribution in [0.15, 0.2) is 164 Å². The maximum absolute atomic E-state index is 5.32. The van der Waals surface area contributed by atoms with Gasteiger partial charge in [0.15, 0.2) is 17.5 Å². The normalized spacial score (nSPS) is 13.1. The van der Waals surface area contributed by atoms with Crippen molar-refractivity contribution in [1.82, 2.24) is 24.5 Å². The molecule has 0 radical (unpaired) electrons. The Morgan fingerprint density at radius 3 is 1.70 bits per heavy atom. The molecule has 1 aliphatic rings. The second-order valence-electron chi connectivity index (χ2n) is 14.7. The Hall–Kier alpha value is -6.98. The van der Waals surface area contributed by atoms with E-state index in [1.165, 1.54) is 27.6 Å². The molecular weight excluding hydrogens is 659 g/mol. The Morgan fingerprint density at radius 1 is 0.444 bits per heavy atom. The van der Waals surface area contributed by atoms with Crippen LogP contribution in [0, 0.1) is 0 Å². The van der Waals surface area contributed by atoms with E-state index in [4.69, 9.17) is 19.9 Å². The fourth-order valence-electron chi connectivity index (χ4n) is 8.74. The molecule has 0 amide bonds. The SMILES string of the molecule is CC1(C)c2cc(-n3c4ccccc4c4cccnc43)ccc2-c2c(-c3nc(-c4cccc5ccccc45)nc(-c4cccc5ccccc45)n3)cccc21. The van der Waals surface area contributed by atoms with E-state index in [2.05, 4.69) is 170 Å². The highest BCUT2D eigenvalue weighted by Gasteiger charge is 2.38. The molecule has 0 atom stereocenters. The number of rotatable bonds is 4. The van der Waals surface area contributed by atoms with Gasteiger partial charge in [-0.25, -0.2) is 19.9 Å². The first-order valence-electron chi connectivity index (χ1n) is 18.4. The van der Waals surface area contributed by atoms with E-state index in [9.17, 15) is 0 Å². The van der Waals surface area contributed by atoms with Crippen LogP contribution in [0.4, 0.5) is 0 Å². The number of pyridine rings is 1. The van der Waals surface area contributed by atoms with Gasteiger partial charge in [0.25, 0.3) is 0 Å². The second-order valence-corrected chi connectivity index (χ2v) is 14.7. The van der Waals surface area contributed by atoms with Crippen molar-refractivity contribution in [3.8, 4) is 51.0 Å². The number of nitrogens with zero attached hydrogens (tertiary/aromatic N) is 5. The molecule has 54 heavy (non-hydrogen) atoms. The van der Waals surface area contributed by atoms with Gasteiger partial charge in [0.05, 0.1) is 5.52 Å². The molecule has 0 aliphatic heterocycles. The van der Waals surface area contributed by atoms with E-state index >= 15 is 0 Å². The molecule has 0 fully saturated rings. The van der Waals surface area contributed by atoms with Gasteiger partial charge in [-0.05, 0) is 74.1 Å². The molecule has 5 heteroatoms. The standard InChI is InChI=1S/C49H33N5/c1-49(2)41-24-11-22-40(44(41)39-27-26-32(29-42(39)49)54-43-25-8-7-19-35(43)38-23-12-28-50-48(38)54)47-52-45(36-20-9-15-30-13-3-5-17-33(30)36)51-46(53-47)37-21-10-16-31-14-4-6-18-34(31)37/h3-29H,1-2H3. The van der Waals surface area contributed by atoms with Crippen molar-refractivity contribution in [3.63, 3.8) is 0 Å². The van der Waals surface area contributed by atoms with E-state index in [1.807, 2.05) is 12.3 Å². The van der Waals surface area contributed by atoms with Gasteiger partial charge in [-0.1, -0.05) is 141 Å². The average molecular weight is 692 g/mol. The molecule has 0 saturated carbocycles. The third-order valence-electron chi connectivity index (χ3n) is 11.3. The molecule has 3 aromatic heterocycles. The molecule has 7 aromatic carbocycles. The Balaban J connectivity index is 1.15. The van der Waals surface area contributed by atoms with Gasteiger partial charge in [-0.3, -0.25) is 4.57 Å². The lowest BCUT2D eigenvalue weighted by Gasteiger charge is -2.22. The summed E-state index contributed by atoms with van der Waals surface area (Å²) in [5.74, 6) is 1.97. The van der Waals surface area contributed by atoms with Crippen molar-refractivity contribution < 1.29 is 0 Å². The molecule has 1 aliphatic carbocycles. The first kappa shape index (κ1) is 30.6. The zero-order chi connectivity index (χ0) is 36.0. The summed E-state index contributed by atoms with van der Waals surface area (Å²) in [5.41, 5.74) is 10.8. The molecule has 3 heterocycles. The van der Waals surface area contributed by atoms with Gasteiger partial charge in [0.2, 0.25) is 0 Å². The fourth-order valence-corrected chi connectivity index (χ4v) is 8.74. The van der Waals surface area contributed by atoms with Crippen molar-refractivity contribution in [3.05, 3.63) is 175 Å². The molecule has 0 unspecified atom stereocenters. The van der Waals surface area contributed by atoms with Crippen molar-refractivity contribution in [2.24, 2.45) is 0 Å². The molecular formula is C49H33N5. The molecule has 0 spiro atoms. The third kappa shape index (κ3) is 4.45. The van der Waals surface area contributed by atoms with Gasteiger partial charge in [-0.2, -0.15) is 0 Å². The first-order valence-corrected chi connectivity index (χ1v) is 18.4. The van der Waals surface area contributed by atoms with Crippen molar-refractivity contribution in [2.45, 2.75) is 19.3 Å². The van der Waals surface area contributed by atoms with Gasteiger partial charge in [0.1, 0.15) is 5.65 Å². The summed E-state index contributed by atoms with van der Waals surface area (Å²) in [6, 6.07) is 55.8. The lowest BCUT2D eigenvalue weighted by molar-refractivity contribution is 0.660. The number of fused-ring (bicyclic) bond motifs is 8. The molecule has 5 nitrogen and oxygen atoms in total. The van der Waals surface area contributed by atoms with Crippen LogP contribution in [0.25, 0.3) is 94.5 Å². The minimum absolute atomic E-state index is 0.271. The largest absolute Gasteiger partial charge is 0.294 e. The summed E-state index contributed by atoms with van der Waals surface area (Å²) in [6.45, 7) is 4.65. The minimum Gasteiger partial charge on any atom is -0.294 e. The number of hydrogen-bond donors (Lipinski definition) is 0. The highest BCUT2D eigenvalue weighted by molar-refractivity contribution is 6.08. The van der Waals surface area contributed by atoms with Crippen LogP contribution in [-0.2, 0) is 5.41 Å². The monoisotopic (exact) mass is 691 g/mol. The number of aromatic nitrogens is 5. The van der Waals surface area contributed by atoms with Crippen molar-refractivity contribution in [1.29, 1.82) is 0 Å². The summed E-state index contributed by atoms with van der Waals surface area (Å²) in [5, 5.41) is 6.86. The fraction of sp³-hybridized carbons (Fsp3) is 0.0612. The Labute approximate surface area is 312 Å². The lowest BCUT2D eigenvalue weighted by atomic mass is 9.82. The van der Waals surface area contributed by atoms with E-state index in [0.29, 0.717) is 17.5 Å². The number of benzene rings is 7. The lowest BCUT2D eigenvalue weighted by Crippen LogP contribution is -2.15. The summed E-state index contributed by atoms with van der Waals surface area (Å²) >= 11 is 0. The number of hydrogen-bond acceptors (Lipinski definition) is 4. The van der Waals surface area contributed by atoms with Gasteiger partial charge < -0.3 is 0 Å². The van der Waals surface area contributed by atoms with Crippen LogP contribution < -0.4 is 0 Å². The molecule has 0 N–H and O–H groups in total. The van der Waals surface area contributed by atoms with E-state index in [1.54, 1.807) is 0 Å². The third-order valence-corrected chi connectivity index (χ3v) is 11.3. The Bertz CT molecular complexity index is 2990. The summed E-state index contributed by atoms with van der Waals surface area (Å²) in [7, 11) is 0. The molecule has 10 aromatic rings. The second kappa shape index (κ2) is 11.5. The molecule has 11 rings (SSSR count). The molecule has 0 saturated heterocycles. The maximum atomic E-state index is 5.32. The van der Waals surface area contributed by atoms with Crippen molar-refractivity contribution >= 4 is 43.5 Å². The predicted molar refractivity (Wildman–Crippen MR) is 221 cm³/mol. The van der Waals surface area contributed by atoms with Crippen LogP contribution in [0.2, 0.25) is 0 Å². The average Bonchev–Trinajstić information content (AvgIpc) is 3.68. The highest BCUT2D eigenvalue weighted by atomic mass is 15.0. The quantitative estimate of drug-likeness (QED) is 0.184.